The van der Waals surface area contributed by atoms with Gasteiger partial charge in [0, 0.05) is 60.7 Å². The number of aryl methyl sites for hydroxylation is 2. The number of hydrogen-bond donors (Lipinski definition) is 3. The predicted molar refractivity (Wildman–Crippen MR) is 387 cm³/mol. The molecular weight excluding hydrogens is 1360 g/mol. The number of Topliss-reactive ketones (excluding diaryl/α,β-unsaturated/α-hetero) is 2. The first-order chi connectivity index (χ1) is 49.1. The Kier molecular flexibility index (Phi) is 22.0. The molecule has 6 heterocycles. The Bertz CT molecular complexity index is 4530. The lowest BCUT2D eigenvalue weighted by molar-refractivity contribution is -0.147. The maximum absolute atomic E-state index is 14.6. The number of carbonyl (C=O) groups is 6. The number of rotatable bonds is 13. The van der Waals surface area contributed by atoms with Crippen LogP contribution in [-0.2, 0) is 61.7 Å². The number of nitrogens with zero attached hydrogens (tertiary/aromatic N) is 4. The van der Waals surface area contributed by atoms with Gasteiger partial charge in [-0.25, -0.2) is 40.7 Å². The summed E-state index contributed by atoms with van der Waals surface area (Å²) in [6.45, 7) is 7.09. The maximum atomic E-state index is 14.6. The topological polar surface area (TPSA) is 280 Å². The van der Waals surface area contributed by atoms with Gasteiger partial charge in [0.1, 0.15) is 23.8 Å². The van der Waals surface area contributed by atoms with Crippen LogP contribution in [0.25, 0.3) is 21.5 Å². The van der Waals surface area contributed by atoms with Crippen LogP contribution in [0.2, 0.25) is 0 Å². The van der Waals surface area contributed by atoms with Crippen molar-refractivity contribution in [2.24, 2.45) is 39.6 Å². The lowest BCUT2D eigenvalue weighted by Gasteiger charge is -2.29. The largest absolute Gasteiger partial charge is 0.481 e. The second-order valence-corrected chi connectivity index (χ2v) is 34.9. The maximum Gasteiger partial charge on any atom is 0.310 e. The highest BCUT2D eigenvalue weighted by Crippen LogP contribution is 2.59. The second-order valence-electron chi connectivity index (χ2n) is 30.6. The van der Waals surface area contributed by atoms with E-state index < -0.39 is 88.4 Å². The molecule has 3 amide bonds. The molecule has 2 aromatic heterocycles. The van der Waals surface area contributed by atoms with Gasteiger partial charge in [-0.1, -0.05) is 111 Å². The molecule has 0 unspecified atom stereocenters. The molecule has 0 spiro atoms. The van der Waals surface area contributed by atoms with E-state index in [1.165, 1.54) is 12.1 Å². The smallest absolute Gasteiger partial charge is 0.310 e. The molecule has 6 fully saturated rings. The van der Waals surface area contributed by atoms with Crippen LogP contribution < -0.4 is 19.3 Å². The zero-order valence-electron chi connectivity index (χ0n) is 59.1. The van der Waals surface area contributed by atoms with Gasteiger partial charge in [0.2, 0.25) is 49.5 Å². The van der Waals surface area contributed by atoms with Gasteiger partial charge in [0.15, 0.2) is 11.6 Å². The number of ketones is 2. The molecule has 4 saturated carbocycles. The van der Waals surface area contributed by atoms with Crippen molar-refractivity contribution in [2.45, 2.75) is 203 Å². The van der Waals surface area contributed by atoms with E-state index in [4.69, 9.17) is 14.6 Å². The SMILES string of the molecule is CC1(S(N)(=O)=O)CC1.Cc1cc(C[C@H]2CCCCC/C=C\[C@@H]3C[C@@]3(C(=O)NS(=O)(=O)C3(C)CC3)CC(=O)[C@@H]3C[C@@H](Oc4nccc5ccccc45)CN3C2=O)ccc1F.Cc1cc(C[C@H]2CCCCC/C=C\[C@@H]3C[C@@]3(C(=O)O)CC(=O)[C@@H]3C[C@@H](Oc4nccc5ccccc45)CN3C2=O)ccc1F. The first-order valence-electron chi connectivity index (χ1n) is 36.4. The third kappa shape index (κ3) is 16.8. The zero-order valence-corrected chi connectivity index (χ0v) is 60.7. The number of carbonyl (C=O) groups excluding carboxylic acids is 5. The average Bonchev–Trinajstić information content (AvgIpc) is 1.58. The number of nitrogens with two attached hydrogens (primary N) is 1. The van der Waals surface area contributed by atoms with Gasteiger partial charge in [-0.15, -0.1) is 0 Å². The lowest BCUT2D eigenvalue weighted by atomic mass is 9.89. The number of carboxylic acid groups (broad SMARTS) is 1. The van der Waals surface area contributed by atoms with Crippen LogP contribution in [0.15, 0.2) is 134 Å². The monoisotopic (exact) mass is 1450 g/mol. The van der Waals surface area contributed by atoms with Gasteiger partial charge in [-0.3, -0.25) is 33.5 Å². The first kappa shape index (κ1) is 74.4. The van der Waals surface area contributed by atoms with Crippen LogP contribution in [-0.4, -0.2) is 124 Å². The molecule has 10 atom stereocenters. The van der Waals surface area contributed by atoms with Gasteiger partial charge in [0.05, 0.1) is 45.5 Å². The number of aliphatic carboxylic acids is 1. The molecule has 103 heavy (non-hydrogen) atoms. The number of amides is 3. The molecule has 0 bridgehead atoms. The average molecular weight is 1450 g/mol. The van der Waals surface area contributed by atoms with Crippen LogP contribution in [0.4, 0.5) is 8.78 Å². The molecule has 2 saturated heterocycles. The highest BCUT2D eigenvalue weighted by molar-refractivity contribution is 7.91. The van der Waals surface area contributed by atoms with E-state index in [9.17, 15) is 59.5 Å². The number of benzene rings is 4. The normalized spacial score (nSPS) is 28.3. The summed E-state index contributed by atoms with van der Waals surface area (Å²) in [6, 6.07) is 27.5. The lowest BCUT2D eigenvalue weighted by Crippen LogP contribution is -2.47. The van der Waals surface area contributed by atoms with Crippen molar-refractivity contribution in [3.05, 3.63) is 168 Å². The molecule has 8 aliphatic rings. The molecule has 548 valence electrons. The van der Waals surface area contributed by atoms with E-state index in [2.05, 4.69) is 14.7 Å². The van der Waals surface area contributed by atoms with Gasteiger partial charge in [-0.05, 0) is 199 Å². The second kappa shape index (κ2) is 30.4. The van der Waals surface area contributed by atoms with E-state index in [1.807, 2.05) is 85.0 Å². The van der Waals surface area contributed by atoms with Crippen LogP contribution in [0.3, 0.4) is 0 Å². The molecule has 4 aliphatic carbocycles. The van der Waals surface area contributed by atoms with Gasteiger partial charge >= 0.3 is 5.97 Å². The van der Waals surface area contributed by atoms with Crippen molar-refractivity contribution in [3.63, 3.8) is 0 Å². The molecule has 4 N–H and O–H groups in total. The third-order valence-electron chi connectivity index (χ3n) is 23.0. The van der Waals surface area contributed by atoms with E-state index in [1.54, 1.807) is 74.2 Å². The van der Waals surface area contributed by atoms with E-state index >= 15 is 0 Å². The number of carboxylic acids is 1. The van der Waals surface area contributed by atoms with Crippen LogP contribution in [0.5, 0.6) is 11.8 Å². The number of aromatic nitrogens is 2. The van der Waals surface area contributed by atoms with Gasteiger partial charge in [0.25, 0.3) is 0 Å². The third-order valence-corrected chi connectivity index (χ3v) is 26.9. The van der Waals surface area contributed by atoms with Crippen molar-refractivity contribution >= 4 is 76.8 Å². The zero-order chi connectivity index (χ0) is 73.2. The molecule has 6 aromatic rings. The number of halogens is 2. The minimum Gasteiger partial charge on any atom is -0.481 e. The van der Waals surface area contributed by atoms with Crippen molar-refractivity contribution in [1.82, 2.24) is 24.5 Å². The molecule has 14 rings (SSSR count). The Balaban J connectivity index is 0.000000176. The number of primary sulfonamides is 1. The van der Waals surface area contributed by atoms with Crippen LogP contribution in [0.1, 0.15) is 165 Å². The Morgan fingerprint density at radius 2 is 1.04 bits per heavy atom. The molecule has 23 heteroatoms. The van der Waals surface area contributed by atoms with Gasteiger partial charge in [-0.2, -0.15) is 0 Å². The number of allylic oxidation sites excluding steroid dienone is 4. The predicted octanol–water partition coefficient (Wildman–Crippen LogP) is 12.7. The summed E-state index contributed by atoms with van der Waals surface area (Å²) in [6.07, 6.45) is 22.8. The summed E-state index contributed by atoms with van der Waals surface area (Å²) in [7, 11) is -7.14. The summed E-state index contributed by atoms with van der Waals surface area (Å²) in [5.41, 5.74) is 0.441. The Hall–Kier alpha value is -8.28. The molecule has 4 aliphatic heterocycles. The summed E-state index contributed by atoms with van der Waals surface area (Å²) in [5.74, 6) is -3.45. The number of sulfonamides is 2. The minimum atomic E-state index is -3.91. The Morgan fingerprint density at radius 1 is 0.602 bits per heavy atom. The van der Waals surface area contributed by atoms with Gasteiger partial charge < -0.3 is 24.4 Å². The number of nitrogens with one attached hydrogen (secondary N) is 1. The number of fused-ring (bicyclic) bond motifs is 6. The van der Waals surface area contributed by atoms with E-state index in [0.29, 0.717) is 74.3 Å². The quantitative estimate of drug-likeness (QED) is 0.0906. The van der Waals surface area contributed by atoms with Crippen molar-refractivity contribution in [2.75, 3.05) is 13.1 Å². The standard InChI is InChI=1S/C40H46FN3O6S.C36H39FN2O5.C4H9NO2S/c1-26-20-27(14-15-33(26)41)21-29-11-6-4-3-5-7-12-30-23-40(30,38(47)43-51(48,49)39(2)17-18-39)24-35(45)34-22-31(25-44(34)37(29)46)50-36-32-13-9-8-10-28(32)16-19-42-36;1-23-17-24(13-14-30(23)37)18-26-10-5-3-2-4-6-11-27-20-36(27,35(42)43)21-32(40)31-19-28(22-39(31)34(26)41)44-33-29-12-8-7-9-25(29)15-16-38-33;1-4(2-3-4)8(5,6)7/h7-10,12-16,19-20,29-31,34H,3-6,11,17-18,21-25H2,1-2H3,(H,43,47);6-9,11-17,26-28,31H,2-5,10,18-22H2,1H3,(H,42,43);2-3H2,1H3,(H2,5,6,7)/b12-7-;11-6-;/t29-,30-,31-,34+,40-;26-,27-,28-,31+,36-;/m11./s1. The molecular formula is C80H94F2N6O13S2. The Morgan fingerprint density at radius 3 is 1.47 bits per heavy atom. The number of pyridine rings is 2. The molecule has 19 nitrogen and oxygen atoms in total. The fraction of sp³-hybridized carbons (Fsp3) is 0.500. The fourth-order valence-corrected chi connectivity index (χ4v) is 17.4. The number of ether oxygens (including phenoxy) is 2. The number of hydrogen-bond acceptors (Lipinski definition) is 14. The minimum absolute atomic E-state index is 0.118. The van der Waals surface area contributed by atoms with Crippen molar-refractivity contribution in [3.8, 4) is 11.8 Å². The highest BCUT2D eigenvalue weighted by atomic mass is 32.2. The summed E-state index contributed by atoms with van der Waals surface area (Å²) in [5, 5.41) is 18.6. The molecule has 4 aromatic carbocycles. The summed E-state index contributed by atoms with van der Waals surface area (Å²) >= 11 is 0. The van der Waals surface area contributed by atoms with Crippen molar-refractivity contribution in [1.29, 1.82) is 0 Å². The van der Waals surface area contributed by atoms with E-state index in [-0.39, 0.29) is 85.6 Å². The van der Waals surface area contributed by atoms with Crippen LogP contribution >= 0.6 is 0 Å². The fourth-order valence-electron chi connectivity index (χ4n) is 15.4. The molecule has 0 radical (unpaired) electrons. The first-order valence-corrected chi connectivity index (χ1v) is 39.5. The van der Waals surface area contributed by atoms with Crippen molar-refractivity contribution < 1.29 is 69.0 Å². The van der Waals surface area contributed by atoms with E-state index in [0.717, 1.165) is 96.9 Å². The van der Waals surface area contributed by atoms with Crippen LogP contribution in [0, 0.1) is 60.0 Å². The summed E-state index contributed by atoms with van der Waals surface area (Å²) < 4.78 is 89.1. The highest BCUT2D eigenvalue weighted by Gasteiger charge is 2.64. The Labute approximate surface area is 601 Å². The summed E-state index contributed by atoms with van der Waals surface area (Å²) in [4.78, 5) is 96.0.